The van der Waals surface area contributed by atoms with E-state index in [2.05, 4.69) is 15.2 Å². The third-order valence-electron chi connectivity index (χ3n) is 2.71. The number of benzene rings is 1. The molecule has 0 atom stereocenters. The van der Waals surface area contributed by atoms with E-state index in [-0.39, 0.29) is 0 Å². The van der Waals surface area contributed by atoms with Crippen molar-refractivity contribution in [3.05, 3.63) is 60.1 Å². The maximum atomic E-state index is 5.61. The highest BCUT2D eigenvalue weighted by molar-refractivity contribution is 5.49. The van der Waals surface area contributed by atoms with Crippen molar-refractivity contribution in [2.45, 2.75) is 6.42 Å². The van der Waals surface area contributed by atoms with Gasteiger partial charge in [0.2, 0.25) is 0 Å². The van der Waals surface area contributed by atoms with Gasteiger partial charge in [0.25, 0.3) is 0 Å². The Kier molecular flexibility index (Phi) is 2.94. The van der Waals surface area contributed by atoms with Gasteiger partial charge in [-0.05, 0) is 42.8 Å². The van der Waals surface area contributed by atoms with Gasteiger partial charge in [0.1, 0.15) is 5.75 Å². The molecular formula is C14H12N4O. The van der Waals surface area contributed by atoms with Crippen molar-refractivity contribution in [3.8, 4) is 5.75 Å². The maximum absolute atomic E-state index is 5.61. The fraction of sp³-hybridized carbons (Fsp3) is 0.0714. The van der Waals surface area contributed by atoms with Crippen LogP contribution in [0.2, 0.25) is 0 Å². The number of ether oxygens (including phenoxy) is 1. The highest BCUT2D eigenvalue weighted by Gasteiger charge is 2.10. The first-order chi connectivity index (χ1) is 9.31. The molecule has 0 saturated heterocycles. The van der Waals surface area contributed by atoms with Gasteiger partial charge in [-0.1, -0.05) is 6.07 Å². The molecule has 5 heteroatoms. The van der Waals surface area contributed by atoms with E-state index in [9.17, 15) is 0 Å². The number of allylic oxidation sites excluding steroid dienone is 1. The van der Waals surface area contributed by atoms with Crippen LogP contribution in [0.5, 0.6) is 5.75 Å². The van der Waals surface area contributed by atoms with Gasteiger partial charge in [0.05, 0.1) is 5.69 Å². The molecule has 1 aliphatic heterocycles. The summed E-state index contributed by atoms with van der Waals surface area (Å²) < 4.78 is 5.40. The van der Waals surface area contributed by atoms with E-state index in [0.29, 0.717) is 11.7 Å². The van der Waals surface area contributed by atoms with Crippen molar-refractivity contribution in [1.29, 1.82) is 0 Å². The Morgan fingerprint density at radius 1 is 1.16 bits per heavy atom. The molecule has 2 aromatic rings. The Balaban J connectivity index is 1.83. The number of fused-ring (bicyclic) bond motifs is 1. The second kappa shape index (κ2) is 4.89. The molecule has 0 aliphatic carbocycles. The van der Waals surface area contributed by atoms with Gasteiger partial charge in [0, 0.05) is 11.8 Å². The average Bonchev–Trinajstić information content (AvgIpc) is 2.46. The van der Waals surface area contributed by atoms with Crippen molar-refractivity contribution in [3.63, 3.8) is 0 Å². The summed E-state index contributed by atoms with van der Waals surface area (Å²) in [6.07, 6.45) is 4.26. The monoisotopic (exact) mass is 252 g/mol. The van der Waals surface area contributed by atoms with E-state index in [1.54, 1.807) is 12.3 Å². The smallest absolute Gasteiger partial charge is 0.187 e. The lowest BCUT2D eigenvalue weighted by Crippen LogP contribution is -2.11. The van der Waals surface area contributed by atoms with Crippen molar-refractivity contribution >= 4 is 11.5 Å². The molecule has 0 spiro atoms. The highest BCUT2D eigenvalue weighted by atomic mass is 16.5. The van der Waals surface area contributed by atoms with E-state index in [0.717, 1.165) is 23.4 Å². The lowest BCUT2D eigenvalue weighted by molar-refractivity contribution is 0.404. The van der Waals surface area contributed by atoms with Crippen molar-refractivity contribution in [1.82, 2.24) is 4.98 Å². The zero-order valence-electron chi connectivity index (χ0n) is 10.2. The standard InChI is InChI=1S/C14H12N4O/c15-13-7-4-10-9-11(5-6-12(10)19-13)17-18-14-3-1-2-8-16-14/h1-3,5-9H,4,15H2. The summed E-state index contributed by atoms with van der Waals surface area (Å²) >= 11 is 0. The number of hydrogen-bond acceptors (Lipinski definition) is 5. The van der Waals surface area contributed by atoms with Crippen LogP contribution in [0.3, 0.4) is 0 Å². The Morgan fingerprint density at radius 3 is 2.95 bits per heavy atom. The third kappa shape index (κ3) is 2.60. The fourth-order valence-corrected chi connectivity index (χ4v) is 1.79. The molecule has 1 aromatic carbocycles. The molecule has 3 rings (SSSR count). The molecule has 5 nitrogen and oxygen atoms in total. The van der Waals surface area contributed by atoms with Crippen LogP contribution in [-0.2, 0) is 6.42 Å². The van der Waals surface area contributed by atoms with Gasteiger partial charge in [0.15, 0.2) is 11.7 Å². The van der Waals surface area contributed by atoms with Gasteiger partial charge >= 0.3 is 0 Å². The summed E-state index contributed by atoms with van der Waals surface area (Å²) in [5.41, 5.74) is 7.42. The Bertz CT molecular complexity index is 650. The number of pyridine rings is 1. The molecule has 0 radical (unpaired) electrons. The van der Waals surface area contributed by atoms with Crippen LogP contribution >= 0.6 is 0 Å². The van der Waals surface area contributed by atoms with Gasteiger partial charge in [-0.25, -0.2) is 4.98 Å². The first-order valence-corrected chi connectivity index (χ1v) is 5.90. The van der Waals surface area contributed by atoms with Crippen LogP contribution in [0.1, 0.15) is 5.56 Å². The van der Waals surface area contributed by atoms with Crippen LogP contribution in [-0.4, -0.2) is 4.98 Å². The number of hydrogen-bond donors (Lipinski definition) is 1. The maximum Gasteiger partial charge on any atom is 0.187 e. The van der Waals surface area contributed by atoms with Crippen LogP contribution in [0.25, 0.3) is 0 Å². The summed E-state index contributed by atoms with van der Waals surface area (Å²) in [6, 6.07) is 11.1. The van der Waals surface area contributed by atoms with Crippen LogP contribution < -0.4 is 10.5 Å². The number of azo groups is 1. The second-order valence-electron chi connectivity index (χ2n) is 4.09. The van der Waals surface area contributed by atoms with E-state index in [1.807, 2.05) is 36.4 Å². The Labute approximate surface area is 110 Å². The Hall–Kier alpha value is -2.69. The molecule has 0 saturated carbocycles. The second-order valence-corrected chi connectivity index (χ2v) is 4.09. The lowest BCUT2D eigenvalue weighted by atomic mass is 10.1. The fourth-order valence-electron chi connectivity index (χ4n) is 1.79. The number of nitrogens with two attached hydrogens (primary N) is 1. The number of rotatable bonds is 2. The molecule has 1 aliphatic rings. The third-order valence-corrected chi connectivity index (χ3v) is 2.71. The van der Waals surface area contributed by atoms with Gasteiger partial charge in [-0.15, -0.1) is 10.2 Å². The molecule has 0 bridgehead atoms. The SMILES string of the molecule is NC1=CCc2cc(N=Nc3ccccn3)ccc2O1. The van der Waals surface area contributed by atoms with Crippen molar-refractivity contribution in [2.75, 3.05) is 0 Å². The quantitative estimate of drug-likeness (QED) is 0.834. The minimum atomic E-state index is 0.440. The molecule has 1 aromatic heterocycles. The largest absolute Gasteiger partial charge is 0.442 e. The summed E-state index contributed by atoms with van der Waals surface area (Å²) in [5.74, 6) is 1.80. The predicted octanol–water partition coefficient (Wildman–Crippen LogP) is 3.23. The molecule has 0 unspecified atom stereocenters. The summed E-state index contributed by atoms with van der Waals surface area (Å²) in [6.45, 7) is 0. The topological polar surface area (TPSA) is 72.9 Å². The Morgan fingerprint density at radius 2 is 2.11 bits per heavy atom. The zero-order chi connectivity index (χ0) is 13.1. The molecule has 2 heterocycles. The summed E-state index contributed by atoms with van der Waals surface area (Å²) in [7, 11) is 0. The van der Waals surface area contributed by atoms with Crippen LogP contribution in [0.4, 0.5) is 11.5 Å². The van der Waals surface area contributed by atoms with Gasteiger partial charge < -0.3 is 10.5 Å². The van der Waals surface area contributed by atoms with E-state index < -0.39 is 0 Å². The minimum Gasteiger partial charge on any atom is -0.442 e. The lowest BCUT2D eigenvalue weighted by Gasteiger charge is -2.15. The summed E-state index contributed by atoms with van der Waals surface area (Å²) in [5, 5.41) is 8.23. The summed E-state index contributed by atoms with van der Waals surface area (Å²) in [4.78, 5) is 4.08. The van der Waals surface area contributed by atoms with E-state index in [1.165, 1.54) is 0 Å². The number of aromatic nitrogens is 1. The molecule has 0 fully saturated rings. The van der Waals surface area contributed by atoms with Gasteiger partial charge in [-0.2, -0.15) is 0 Å². The minimum absolute atomic E-state index is 0.440. The first-order valence-electron chi connectivity index (χ1n) is 5.90. The van der Waals surface area contributed by atoms with Crippen molar-refractivity contribution in [2.24, 2.45) is 16.0 Å². The van der Waals surface area contributed by atoms with Crippen LogP contribution in [0, 0.1) is 0 Å². The number of nitrogens with zero attached hydrogens (tertiary/aromatic N) is 3. The molecular weight excluding hydrogens is 240 g/mol. The molecule has 94 valence electrons. The molecule has 2 N–H and O–H groups in total. The molecule has 19 heavy (non-hydrogen) atoms. The predicted molar refractivity (Wildman–Crippen MR) is 71.5 cm³/mol. The first kappa shape index (κ1) is 11.4. The van der Waals surface area contributed by atoms with Crippen molar-refractivity contribution < 1.29 is 4.74 Å². The molecule has 0 amide bonds. The highest BCUT2D eigenvalue weighted by Crippen LogP contribution is 2.29. The van der Waals surface area contributed by atoms with E-state index >= 15 is 0 Å². The average molecular weight is 252 g/mol. The van der Waals surface area contributed by atoms with Gasteiger partial charge in [-0.3, -0.25) is 0 Å². The normalized spacial score (nSPS) is 13.8. The zero-order valence-corrected chi connectivity index (χ0v) is 10.2. The van der Waals surface area contributed by atoms with E-state index in [4.69, 9.17) is 10.5 Å². The van der Waals surface area contributed by atoms with Crippen LogP contribution in [0.15, 0.2) is 64.8 Å².